The van der Waals surface area contributed by atoms with Gasteiger partial charge in [-0.05, 0) is 62.7 Å². The molecule has 1 N–H and O–H groups in total. The van der Waals surface area contributed by atoms with Gasteiger partial charge in [-0.25, -0.2) is 4.98 Å². The maximum Gasteiger partial charge on any atom is 0.238 e. The second-order valence-electron chi connectivity index (χ2n) is 8.35. The zero-order chi connectivity index (χ0) is 21.6. The van der Waals surface area contributed by atoms with Crippen molar-refractivity contribution in [3.8, 4) is 0 Å². The number of fused-ring (bicyclic) bond motifs is 3. The van der Waals surface area contributed by atoms with E-state index in [0.717, 1.165) is 60.2 Å². The van der Waals surface area contributed by atoms with Gasteiger partial charge in [-0.15, -0.1) is 0 Å². The number of anilines is 1. The maximum atomic E-state index is 13.4. The predicted octanol–water partition coefficient (Wildman–Crippen LogP) is 3.40. The molecule has 2 aromatic heterocycles. The summed E-state index contributed by atoms with van der Waals surface area (Å²) in [5.74, 6) is 0.871. The molecule has 2 aliphatic rings. The summed E-state index contributed by atoms with van der Waals surface area (Å²) in [6.07, 6.45) is 7.37. The zero-order valence-electron chi connectivity index (χ0n) is 17.3. The van der Waals surface area contributed by atoms with Crippen molar-refractivity contribution in [2.45, 2.75) is 43.7 Å². The molecule has 5 rings (SSSR count). The van der Waals surface area contributed by atoms with E-state index in [0.29, 0.717) is 18.0 Å². The summed E-state index contributed by atoms with van der Waals surface area (Å²) in [6, 6.07) is 7.50. The number of hydrogen-bond donors (Lipinski definition) is 1. The molecule has 1 unspecified atom stereocenters. The number of nitrogens with one attached hydrogen (secondary N) is 1. The van der Waals surface area contributed by atoms with Crippen LogP contribution in [0.25, 0.3) is 11.0 Å². The van der Waals surface area contributed by atoms with E-state index < -0.39 is 0 Å². The summed E-state index contributed by atoms with van der Waals surface area (Å²) in [5, 5.41) is 3.77. The summed E-state index contributed by atoms with van der Waals surface area (Å²) < 4.78 is 2.11. The third kappa shape index (κ3) is 3.23. The van der Waals surface area contributed by atoms with Crippen LogP contribution in [0.5, 0.6) is 0 Å². The number of pyridine rings is 1. The Morgan fingerprint density at radius 1 is 1.32 bits per heavy atom. The summed E-state index contributed by atoms with van der Waals surface area (Å²) in [6.45, 7) is 1.10. The molecule has 1 saturated carbocycles. The molecule has 1 spiro atoms. The molecule has 1 aliphatic heterocycles. The minimum atomic E-state index is -0.382. The number of nitrogens with zero attached hydrogens (tertiary/aromatic N) is 4. The Hall–Kier alpha value is -2.77. The third-order valence-electron chi connectivity index (χ3n) is 6.50. The predicted molar refractivity (Wildman–Crippen MR) is 119 cm³/mol. The molecule has 1 aliphatic carbocycles. The molecule has 1 atom stereocenters. The van der Waals surface area contributed by atoms with Crippen molar-refractivity contribution < 1.29 is 9.59 Å². The highest BCUT2D eigenvalue weighted by molar-refractivity contribution is 6.31. The Labute approximate surface area is 185 Å². The largest absolute Gasteiger partial charge is 0.323 e. The molecule has 3 aromatic rings. The lowest BCUT2D eigenvalue weighted by atomic mass is 9.99. The van der Waals surface area contributed by atoms with Gasteiger partial charge in [-0.2, -0.15) is 0 Å². The molecule has 0 bridgehead atoms. The molecule has 0 saturated heterocycles. The lowest BCUT2D eigenvalue weighted by molar-refractivity contribution is -0.120. The van der Waals surface area contributed by atoms with Crippen molar-refractivity contribution in [1.82, 2.24) is 19.9 Å². The number of benzene rings is 1. The molecule has 1 aromatic carbocycles. The highest BCUT2D eigenvalue weighted by Crippen LogP contribution is 2.57. The van der Waals surface area contributed by atoms with Crippen LogP contribution in [0.15, 0.2) is 36.7 Å². The van der Waals surface area contributed by atoms with E-state index in [-0.39, 0.29) is 17.4 Å². The highest BCUT2D eigenvalue weighted by Gasteiger charge is 2.59. The average Bonchev–Trinajstić information content (AvgIpc) is 3.46. The molecular formula is C23H24ClN5O2. The molecule has 1 fully saturated rings. The molecule has 1 amide bonds. The fourth-order valence-corrected chi connectivity index (χ4v) is 4.98. The van der Waals surface area contributed by atoms with Gasteiger partial charge in [0, 0.05) is 23.7 Å². The Morgan fingerprint density at radius 2 is 2.16 bits per heavy atom. The first-order chi connectivity index (χ1) is 15.1. The molecule has 31 heavy (non-hydrogen) atoms. The van der Waals surface area contributed by atoms with Crippen LogP contribution in [0.3, 0.4) is 0 Å². The fourth-order valence-electron chi connectivity index (χ4n) is 4.81. The molecule has 160 valence electrons. The van der Waals surface area contributed by atoms with Gasteiger partial charge in [-0.1, -0.05) is 11.6 Å². The van der Waals surface area contributed by atoms with Crippen molar-refractivity contribution in [1.29, 1.82) is 0 Å². The van der Waals surface area contributed by atoms with E-state index in [1.807, 2.05) is 36.2 Å². The number of halogens is 1. The fraction of sp³-hybridized carbons (Fsp3) is 0.391. The van der Waals surface area contributed by atoms with E-state index in [9.17, 15) is 9.59 Å². The van der Waals surface area contributed by atoms with Crippen molar-refractivity contribution in [2.24, 2.45) is 0 Å². The Morgan fingerprint density at radius 3 is 2.90 bits per heavy atom. The first-order valence-electron chi connectivity index (χ1n) is 10.6. The second-order valence-corrected chi connectivity index (χ2v) is 8.78. The van der Waals surface area contributed by atoms with Crippen LogP contribution >= 0.6 is 11.6 Å². The van der Waals surface area contributed by atoms with Crippen molar-refractivity contribution in [3.63, 3.8) is 0 Å². The number of hydrogen-bond acceptors (Lipinski definition) is 5. The van der Waals surface area contributed by atoms with Gasteiger partial charge in [0.1, 0.15) is 12.1 Å². The van der Waals surface area contributed by atoms with Crippen LogP contribution in [0.1, 0.15) is 43.1 Å². The lowest BCUT2D eigenvalue weighted by Crippen LogP contribution is -2.33. The minimum Gasteiger partial charge on any atom is -0.323 e. The van der Waals surface area contributed by atoms with Crippen LogP contribution in [-0.4, -0.2) is 40.3 Å². The van der Waals surface area contributed by atoms with Gasteiger partial charge < -0.3 is 19.6 Å². The topological polar surface area (TPSA) is 80.1 Å². The first-order valence-corrected chi connectivity index (χ1v) is 11.0. The molecule has 3 heterocycles. The van der Waals surface area contributed by atoms with E-state index in [4.69, 9.17) is 16.6 Å². The lowest BCUT2D eigenvalue weighted by Gasteiger charge is -2.23. The van der Waals surface area contributed by atoms with Crippen LogP contribution in [-0.2, 0) is 21.5 Å². The smallest absolute Gasteiger partial charge is 0.238 e. The third-order valence-corrected chi connectivity index (χ3v) is 6.73. The zero-order valence-corrected chi connectivity index (χ0v) is 18.1. The summed E-state index contributed by atoms with van der Waals surface area (Å²) in [7, 11) is 1.90. The summed E-state index contributed by atoms with van der Waals surface area (Å²) in [5.41, 5.74) is 3.23. The molecule has 7 nitrogen and oxygen atoms in total. The minimum absolute atomic E-state index is 0.0629. The monoisotopic (exact) mass is 437 g/mol. The van der Waals surface area contributed by atoms with Crippen LogP contribution in [0.2, 0.25) is 5.02 Å². The summed E-state index contributed by atoms with van der Waals surface area (Å²) in [4.78, 5) is 35.8. The van der Waals surface area contributed by atoms with Crippen LogP contribution in [0, 0.1) is 0 Å². The SMILES string of the molecule is CNCCC(CC=O)n1c(CN2C(=O)C3(CC3)c3ccncc32)nc2cc(Cl)ccc21. The Kier molecular flexibility index (Phi) is 5.02. The number of carbonyl (C=O) groups excluding carboxylic acids is 2. The van der Waals surface area contributed by atoms with Crippen molar-refractivity contribution >= 4 is 40.5 Å². The Balaban J connectivity index is 1.60. The van der Waals surface area contributed by atoms with Gasteiger partial charge >= 0.3 is 0 Å². The quantitative estimate of drug-likeness (QED) is 0.546. The number of aldehydes is 1. The van der Waals surface area contributed by atoms with Crippen molar-refractivity contribution in [2.75, 3.05) is 18.5 Å². The Bertz CT molecular complexity index is 1170. The van der Waals surface area contributed by atoms with Gasteiger partial charge in [0.2, 0.25) is 5.91 Å². The number of imidazole rings is 1. The van der Waals surface area contributed by atoms with Gasteiger partial charge in [0.05, 0.1) is 34.9 Å². The van der Waals surface area contributed by atoms with E-state index in [2.05, 4.69) is 14.9 Å². The van der Waals surface area contributed by atoms with E-state index in [1.165, 1.54) is 0 Å². The van der Waals surface area contributed by atoms with Crippen LogP contribution < -0.4 is 10.2 Å². The van der Waals surface area contributed by atoms with Crippen LogP contribution in [0.4, 0.5) is 5.69 Å². The molecule has 8 heteroatoms. The maximum absolute atomic E-state index is 13.4. The summed E-state index contributed by atoms with van der Waals surface area (Å²) >= 11 is 6.22. The van der Waals surface area contributed by atoms with Gasteiger partial charge in [-0.3, -0.25) is 9.78 Å². The number of aromatic nitrogens is 3. The second kappa shape index (κ2) is 7.73. The average molecular weight is 438 g/mol. The number of amides is 1. The molecule has 0 radical (unpaired) electrons. The molecular weight excluding hydrogens is 414 g/mol. The number of carbonyl (C=O) groups is 2. The van der Waals surface area contributed by atoms with Crippen molar-refractivity contribution in [3.05, 3.63) is 53.1 Å². The first kappa shape index (κ1) is 20.2. The normalized spacial score (nSPS) is 17.4. The number of rotatable bonds is 8. The standard InChI is InChI=1S/C23H24ClN5O2/c1-25-9-4-16(6-11-30)29-19-3-2-15(24)12-18(19)27-21(29)14-28-20-13-26-10-5-17(20)23(7-8-23)22(28)31/h2-3,5,10-13,16,25H,4,6-9,14H2,1H3. The highest BCUT2D eigenvalue weighted by atomic mass is 35.5. The van der Waals surface area contributed by atoms with E-state index in [1.54, 1.807) is 12.4 Å². The van der Waals surface area contributed by atoms with Gasteiger partial charge in [0.25, 0.3) is 0 Å². The van der Waals surface area contributed by atoms with E-state index >= 15 is 0 Å². The van der Waals surface area contributed by atoms with Gasteiger partial charge in [0.15, 0.2) is 0 Å².